The van der Waals surface area contributed by atoms with E-state index in [-0.39, 0.29) is 0 Å². The quantitative estimate of drug-likeness (QED) is 0.651. The number of benzene rings is 1. The van der Waals surface area contributed by atoms with Crippen LogP contribution in [0.5, 0.6) is 0 Å². The lowest BCUT2D eigenvalue weighted by molar-refractivity contribution is -0.396. The van der Waals surface area contributed by atoms with Crippen LogP contribution >= 0.6 is 0 Å². The molecule has 1 aromatic rings. The summed E-state index contributed by atoms with van der Waals surface area (Å²) in [4.78, 5) is 33.9. The van der Waals surface area contributed by atoms with Gasteiger partial charge in [-0.2, -0.15) is 0 Å². The predicted molar refractivity (Wildman–Crippen MR) is 70.9 cm³/mol. The standard InChI is InChI=1S/C14H17NO5/c1-13(2,3)19-20-14(8-11(16)17)9-6-4-5-7-10(9)15-12(14)18/h4-7H,8H2,1-3H3,(H,15,18)(H,16,17). The van der Waals surface area contributed by atoms with Gasteiger partial charge in [-0.1, -0.05) is 18.2 Å². The molecule has 0 aliphatic carbocycles. The molecule has 1 aromatic carbocycles. The van der Waals surface area contributed by atoms with Crippen LogP contribution in [-0.4, -0.2) is 22.6 Å². The van der Waals surface area contributed by atoms with Crippen molar-refractivity contribution in [2.45, 2.75) is 38.4 Å². The third-order valence-corrected chi connectivity index (χ3v) is 2.81. The number of para-hydroxylation sites is 1. The fraction of sp³-hybridized carbons (Fsp3) is 0.429. The molecule has 1 amide bonds. The number of hydrogen-bond acceptors (Lipinski definition) is 4. The lowest BCUT2D eigenvalue weighted by atomic mass is 9.92. The highest BCUT2D eigenvalue weighted by molar-refractivity contribution is 6.06. The molecular weight excluding hydrogens is 262 g/mol. The van der Waals surface area contributed by atoms with Crippen molar-refractivity contribution in [3.8, 4) is 0 Å². The molecule has 0 spiro atoms. The summed E-state index contributed by atoms with van der Waals surface area (Å²) in [5.74, 6) is -1.68. The van der Waals surface area contributed by atoms with Crippen LogP contribution in [0.2, 0.25) is 0 Å². The van der Waals surface area contributed by atoms with E-state index in [1.165, 1.54) is 0 Å². The molecule has 1 atom stereocenters. The maximum absolute atomic E-state index is 12.2. The maximum atomic E-state index is 12.2. The van der Waals surface area contributed by atoms with Crippen molar-refractivity contribution in [3.63, 3.8) is 0 Å². The van der Waals surface area contributed by atoms with Gasteiger partial charge < -0.3 is 10.4 Å². The van der Waals surface area contributed by atoms with E-state index in [1.54, 1.807) is 45.0 Å². The molecule has 1 aliphatic heterocycles. The van der Waals surface area contributed by atoms with E-state index in [1.807, 2.05) is 0 Å². The lowest BCUT2D eigenvalue weighted by Gasteiger charge is -2.28. The summed E-state index contributed by atoms with van der Waals surface area (Å²) < 4.78 is 0. The van der Waals surface area contributed by atoms with Crippen LogP contribution in [0, 0.1) is 0 Å². The first-order valence-corrected chi connectivity index (χ1v) is 6.24. The molecule has 0 saturated carbocycles. The van der Waals surface area contributed by atoms with Gasteiger partial charge in [0, 0.05) is 11.3 Å². The monoisotopic (exact) mass is 279 g/mol. The minimum atomic E-state index is -1.66. The van der Waals surface area contributed by atoms with Gasteiger partial charge in [0.1, 0.15) is 0 Å². The summed E-state index contributed by atoms with van der Waals surface area (Å²) in [6.45, 7) is 5.25. The van der Waals surface area contributed by atoms with Crippen molar-refractivity contribution in [1.82, 2.24) is 0 Å². The highest BCUT2D eigenvalue weighted by Crippen LogP contribution is 2.42. The molecule has 0 aromatic heterocycles. The van der Waals surface area contributed by atoms with Crippen molar-refractivity contribution in [2.75, 3.05) is 5.32 Å². The summed E-state index contributed by atoms with van der Waals surface area (Å²) in [6.07, 6.45) is -0.508. The molecule has 6 nitrogen and oxygen atoms in total. The van der Waals surface area contributed by atoms with E-state index in [4.69, 9.17) is 14.9 Å². The third-order valence-electron chi connectivity index (χ3n) is 2.81. The number of carbonyl (C=O) groups excluding carboxylic acids is 1. The molecule has 1 unspecified atom stereocenters. The van der Waals surface area contributed by atoms with E-state index in [0.29, 0.717) is 11.3 Å². The van der Waals surface area contributed by atoms with E-state index in [9.17, 15) is 9.59 Å². The highest BCUT2D eigenvalue weighted by atomic mass is 17.2. The van der Waals surface area contributed by atoms with Gasteiger partial charge in [-0.15, -0.1) is 0 Å². The van der Waals surface area contributed by atoms with Crippen LogP contribution in [0.15, 0.2) is 24.3 Å². The van der Waals surface area contributed by atoms with Crippen LogP contribution in [0.1, 0.15) is 32.8 Å². The Bertz CT molecular complexity index is 549. The van der Waals surface area contributed by atoms with E-state index < -0.39 is 29.5 Å². The number of carbonyl (C=O) groups is 2. The maximum Gasteiger partial charge on any atom is 0.307 e. The molecule has 1 aliphatic rings. The lowest BCUT2D eigenvalue weighted by Crippen LogP contribution is -2.41. The van der Waals surface area contributed by atoms with Gasteiger partial charge in [-0.05, 0) is 26.8 Å². The summed E-state index contributed by atoms with van der Waals surface area (Å²) in [5.41, 5.74) is -1.31. The molecule has 2 rings (SSSR count). The second-order valence-corrected chi connectivity index (χ2v) is 5.68. The molecule has 108 valence electrons. The first kappa shape index (κ1) is 14.5. The minimum absolute atomic E-state index is 0.469. The third kappa shape index (κ3) is 2.66. The van der Waals surface area contributed by atoms with Gasteiger partial charge in [-0.25, -0.2) is 9.78 Å². The topological polar surface area (TPSA) is 84.9 Å². The van der Waals surface area contributed by atoms with Crippen molar-refractivity contribution in [3.05, 3.63) is 29.8 Å². The van der Waals surface area contributed by atoms with E-state index >= 15 is 0 Å². The number of carboxylic acids is 1. The average Bonchev–Trinajstić information content (AvgIpc) is 2.59. The molecular formula is C14H17NO5. The Morgan fingerprint density at radius 3 is 2.60 bits per heavy atom. The second kappa shape index (κ2) is 4.88. The Morgan fingerprint density at radius 2 is 2.00 bits per heavy atom. The largest absolute Gasteiger partial charge is 0.481 e. The number of hydrogen-bond donors (Lipinski definition) is 2. The zero-order valence-corrected chi connectivity index (χ0v) is 11.6. The first-order chi connectivity index (χ1) is 9.24. The minimum Gasteiger partial charge on any atom is -0.481 e. The summed E-state index contributed by atoms with van der Waals surface area (Å²) in [5, 5.41) is 11.7. The summed E-state index contributed by atoms with van der Waals surface area (Å²) in [7, 11) is 0. The normalized spacial score (nSPS) is 21.4. The Hall–Kier alpha value is -1.92. The number of nitrogens with one attached hydrogen (secondary N) is 1. The molecule has 0 fully saturated rings. The fourth-order valence-electron chi connectivity index (χ4n) is 1.99. The zero-order valence-electron chi connectivity index (χ0n) is 11.6. The Balaban J connectivity index is 2.42. The second-order valence-electron chi connectivity index (χ2n) is 5.68. The number of rotatable bonds is 4. The molecule has 2 N–H and O–H groups in total. The van der Waals surface area contributed by atoms with Gasteiger partial charge in [-0.3, -0.25) is 9.59 Å². The molecule has 0 radical (unpaired) electrons. The van der Waals surface area contributed by atoms with Crippen molar-refractivity contribution in [2.24, 2.45) is 0 Å². The van der Waals surface area contributed by atoms with Crippen molar-refractivity contribution >= 4 is 17.6 Å². The smallest absolute Gasteiger partial charge is 0.307 e. The van der Waals surface area contributed by atoms with Crippen LogP contribution in [0.4, 0.5) is 5.69 Å². The van der Waals surface area contributed by atoms with Crippen LogP contribution in [0.25, 0.3) is 0 Å². The predicted octanol–water partition coefficient (Wildman–Crippen LogP) is 2.06. The van der Waals surface area contributed by atoms with Crippen LogP contribution < -0.4 is 5.32 Å². The molecule has 1 heterocycles. The zero-order chi connectivity index (χ0) is 15.0. The van der Waals surface area contributed by atoms with Crippen LogP contribution in [0.3, 0.4) is 0 Å². The number of amides is 1. The molecule has 0 saturated heterocycles. The summed E-state index contributed by atoms with van der Waals surface area (Å²) in [6, 6.07) is 6.82. The molecule has 6 heteroatoms. The highest BCUT2D eigenvalue weighted by Gasteiger charge is 2.51. The van der Waals surface area contributed by atoms with E-state index in [2.05, 4.69) is 5.32 Å². The van der Waals surface area contributed by atoms with Gasteiger partial charge in [0.05, 0.1) is 12.0 Å². The number of anilines is 1. The number of carboxylic acid groups (broad SMARTS) is 1. The fourth-order valence-corrected chi connectivity index (χ4v) is 1.99. The summed E-state index contributed by atoms with van der Waals surface area (Å²) >= 11 is 0. The van der Waals surface area contributed by atoms with Gasteiger partial charge in [0.2, 0.25) is 5.60 Å². The number of fused-ring (bicyclic) bond motifs is 1. The van der Waals surface area contributed by atoms with Crippen LogP contribution in [-0.2, 0) is 25.0 Å². The Labute approximate surface area is 116 Å². The van der Waals surface area contributed by atoms with Gasteiger partial charge in [0.25, 0.3) is 5.91 Å². The number of aliphatic carboxylic acids is 1. The molecule has 0 bridgehead atoms. The first-order valence-electron chi connectivity index (χ1n) is 6.24. The SMILES string of the molecule is CC(C)(C)OOC1(CC(=O)O)C(=O)Nc2ccccc21. The average molecular weight is 279 g/mol. The van der Waals surface area contributed by atoms with Crippen molar-refractivity contribution in [1.29, 1.82) is 0 Å². The van der Waals surface area contributed by atoms with Gasteiger partial charge in [0.15, 0.2) is 0 Å². The van der Waals surface area contributed by atoms with Crippen molar-refractivity contribution < 1.29 is 24.5 Å². The molecule has 20 heavy (non-hydrogen) atoms. The Morgan fingerprint density at radius 1 is 1.35 bits per heavy atom. The van der Waals surface area contributed by atoms with Gasteiger partial charge >= 0.3 is 5.97 Å². The Kier molecular flexibility index (Phi) is 3.54. The van der Waals surface area contributed by atoms with E-state index in [0.717, 1.165) is 0 Å².